The summed E-state index contributed by atoms with van der Waals surface area (Å²) in [6.45, 7) is 8.54. The molecule has 11 heteroatoms. The van der Waals surface area contributed by atoms with E-state index in [0.29, 0.717) is 18.8 Å². The molecule has 0 bridgehead atoms. The Labute approximate surface area is 179 Å². The fraction of sp³-hybridized carbons (Fsp3) is 0.684. The van der Waals surface area contributed by atoms with Crippen LogP contribution < -0.4 is 10.1 Å². The van der Waals surface area contributed by atoms with Gasteiger partial charge in [-0.1, -0.05) is 11.6 Å². The molecule has 2 aliphatic rings. The number of likely N-dealkylation sites (tertiary alicyclic amines) is 1. The van der Waals surface area contributed by atoms with Gasteiger partial charge in [0.05, 0.1) is 25.3 Å². The zero-order chi connectivity index (χ0) is 21.6. The Balaban J connectivity index is 1.52. The Hall–Kier alpha value is -1.78. The van der Waals surface area contributed by atoms with Gasteiger partial charge in [0.15, 0.2) is 5.96 Å². The van der Waals surface area contributed by atoms with Crippen molar-refractivity contribution in [1.82, 2.24) is 20.1 Å². The average Bonchev–Trinajstić information content (AvgIpc) is 3.21. The van der Waals surface area contributed by atoms with Crippen molar-refractivity contribution < 1.29 is 22.6 Å². The second-order valence-electron chi connectivity index (χ2n) is 7.13. The Bertz CT molecular complexity index is 729. The highest BCUT2D eigenvalue weighted by molar-refractivity contribution is 6.31. The van der Waals surface area contributed by atoms with Crippen LogP contribution in [0.15, 0.2) is 17.3 Å². The molecule has 2 aliphatic heterocycles. The Morgan fingerprint density at radius 2 is 2.13 bits per heavy atom. The van der Waals surface area contributed by atoms with Crippen LogP contribution in [0.5, 0.6) is 5.88 Å². The smallest absolute Gasteiger partial charge is 0.417 e. The number of aliphatic imine (C=N–C) groups is 1. The number of rotatable bonds is 6. The number of aromatic nitrogens is 1. The molecule has 30 heavy (non-hydrogen) atoms. The van der Waals surface area contributed by atoms with Crippen molar-refractivity contribution in [2.75, 3.05) is 59.1 Å². The number of halogens is 4. The Morgan fingerprint density at radius 3 is 2.80 bits per heavy atom. The number of morpholine rings is 1. The van der Waals surface area contributed by atoms with E-state index in [0.717, 1.165) is 64.4 Å². The van der Waals surface area contributed by atoms with E-state index < -0.39 is 11.7 Å². The summed E-state index contributed by atoms with van der Waals surface area (Å²) >= 11 is 5.86. The largest absolute Gasteiger partial charge is 0.475 e. The van der Waals surface area contributed by atoms with Crippen LogP contribution in [0.2, 0.25) is 5.02 Å². The first-order chi connectivity index (χ1) is 14.4. The Kier molecular flexibility index (Phi) is 8.01. The number of pyridine rings is 1. The van der Waals surface area contributed by atoms with E-state index in [1.807, 2.05) is 6.92 Å². The van der Waals surface area contributed by atoms with Crippen LogP contribution in [-0.2, 0) is 10.9 Å². The lowest BCUT2D eigenvalue weighted by molar-refractivity contribution is -0.137. The van der Waals surface area contributed by atoms with E-state index in [4.69, 9.17) is 21.1 Å². The van der Waals surface area contributed by atoms with E-state index in [1.54, 1.807) is 0 Å². The van der Waals surface area contributed by atoms with Crippen molar-refractivity contribution in [3.63, 3.8) is 0 Å². The fourth-order valence-corrected chi connectivity index (χ4v) is 3.80. The van der Waals surface area contributed by atoms with Crippen molar-refractivity contribution in [1.29, 1.82) is 0 Å². The lowest BCUT2D eigenvalue weighted by atomic mass is 10.2. The summed E-state index contributed by atoms with van der Waals surface area (Å²) in [6.07, 6.45) is -2.70. The van der Waals surface area contributed by atoms with Gasteiger partial charge in [0, 0.05) is 45.0 Å². The second kappa shape index (κ2) is 10.5. The minimum absolute atomic E-state index is 0.0292. The highest BCUT2D eigenvalue weighted by Crippen LogP contribution is 2.33. The van der Waals surface area contributed by atoms with Crippen LogP contribution in [0.1, 0.15) is 18.9 Å². The first-order valence-corrected chi connectivity index (χ1v) is 10.5. The molecular weight excluding hydrogens is 423 g/mol. The average molecular weight is 450 g/mol. The molecule has 168 valence electrons. The summed E-state index contributed by atoms with van der Waals surface area (Å²) in [5, 5.41) is 3.12. The van der Waals surface area contributed by atoms with Gasteiger partial charge in [-0.25, -0.2) is 9.98 Å². The van der Waals surface area contributed by atoms with Crippen molar-refractivity contribution >= 4 is 17.6 Å². The second-order valence-corrected chi connectivity index (χ2v) is 7.54. The summed E-state index contributed by atoms with van der Waals surface area (Å²) in [4.78, 5) is 13.0. The number of guanidine groups is 1. The third-order valence-electron chi connectivity index (χ3n) is 5.09. The minimum Gasteiger partial charge on any atom is -0.475 e. The van der Waals surface area contributed by atoms with Gasteiger partial charge < -0.3 is 19.7 Å². The molecule has 0 aromatic carbocycles. The van der Waals surface area contributed by atoms with Gasteiger partial charge in [-0.05, 0) is 19.4 Å². The van der Waals surface area contributed by atoms with Gasteiger partial charge in [-0.2, -0.15) is 13.2 Å². The number of alkyl halides is 3. The molecule has 1 unspecified atom stereocenters. The highest BCUT2D eigenvalue weighted by atomic mass is 35.5. The monoisotopic (exact) mass is 449 g/mol. The summed E-state index contributed by atoms with van der Waals surface area (Å²) in [7, 11) is 0. The molecule has 1 N–H and O–H groups in total. The lowest BCUT2D eigenvalue weighted by Gasteiger charge is -2.32. The van der Waals surface area contributed by atoms with Crippen LogP contribution in [0.4, 0.5) is 13.2 Å². The van der Waals surface area contributed by atoms with E-state index in [2.05, 4.69) is 25.1 Å². The first kappa shape index (κ1) is 22.9. The predicted molar refractivity (Wildman–Crippen MR) is 108 cm³/mol. The lowest BCUT2D eigenvalue weighted by Crippen LogP contribution is -2.46. The fourth-order valence-electron chi connectivity index (χ4n) is 3.58. The molecule has 2 fully saturated rings. The van der Waals surface area contributed by atoms with E-state index >= 15 is 0 Å². The van der Waals surface area contributed by atoms with Crippen molar-refractivity contribution in [3.8, 4) is 5.88 Å². The van der Waals surface area contributed by atoms with Gasteiger partial charge in [0.1, 0.15) is 11.6 Å². The van der Waals surface area contributed by atoms with Crippen LogP contribution in [0, 0.1) is 0 Å². The summed E-state index contributed by atoms with van der Waals surface area (Å²) < 4.78 is 48.9. The molecular formula is C19H27ClF3N5O2. The standard InChI is InChI=1S/C19H27ClF3N5O2/c1-2-24-18(28-5-3-15(13-28)27-6-9-29-10-7-27)25-4-8-30-17-16(20)11-14(12-26-17)19(21,22)23/h11-12,15H,2-10,13H2,1H3,(H,24,25). The Morgan fingerprint density at radius 1 is 1.37 bits per heavy atom. The van der Waals surface area contributed by atoms with Gasteiger partial charge >= 0.3 is 6.18 Å². The van der Waals surface area contributed by atoms with Gasteiger partial charge in [-0.3, -0.25) is 4.90 Å². The predicted octanol–water partition coefficient (Wildman–Crippen LogP) is 2.50. The molecule has 0 saturated carbocycles. The van der Waals surface area contributed by atoms with Crippen molar-refractivity contribution in [2.45, 2.75) is 25.6 Å². The first-order valence-electron chi connectivity index (χ1n) is 10.1. The van der Waals surface area contributed by atoms with Crippen LogP contribution >= 0.6 is 11.6 Å². The van der Waals surface area contributed by atoms with Gasteiger partial charge in [0.2, 0.25) is 5.88 Å². The zero-order valence-electron chi connectivity index (χ0n) is 16.9. The van der Waals surface area contributed by atoms with Crippen molar-refractivity contribution in [2.24, 2.45) is 4.99 Å². The van der Waals surface area contributed by atoms with Gasteiger partial charge in [-0.15, -0.1) is 0 Å². The molecule has 1 atom stereocenters. The van der Waals surface area contributed by atoms with Crippen LogP contribution in [-0.4, -0.2) is 85.9 Å². The van der Waals surface area contributed by atoms with Crippen molar-refractivity contribution in [3.05, 3.63) is 22.8 Å². The number of ether oxygens (including phenoxy) is 2. The molecule has 3 rings (SSSR count). The minimum atomic E-state index is -4.49. The number of nitrogens with one attached hydrogen (secondary N) is 1. The molecule has 0 aliphatic carbocycles. The number of hydrogen-bond donors (Lipinski definition) is 1. The van der Waals surface area contributed by atoms with Crippen LogP contribution in [0.25, 0.3) is 0 Å². The summed E-state index contributed by atoms with van der Waals surface area (Å²) in [5.41, 5.74) is -0.906. The number of hydrogen-bond acceptors (Lipinski definition) is 5. The molecule has 0 amide bonds. The molecule has 3 heterocycles. The maximum atomic E-state index is 12.7. The van der Waals surface area contributed by atoms with Crippen LogP contribution in [0.3, 0.4) is 0 Å². The third kappa shape index (κ3) is 6.12. The van der Waals surface area contributed by atoms with E-state index in [1.165, 1.54) is 0 Å². The maximum absolute atomic E-state index is 12.7. The molecule has 1 aromatic rings. The van der Waals surface area contributed by atoms with Gasteiger partial charge in [0.25, 0.3) is 0 Å². The summed E-state index contributed by atoms with van der Waals surface area (Å²) in [5.74, 6) is 0.779. The highest BCUT2D eigenvalue weighted by Gasteiger charge is 2.32. The summed E-state index contributed by atoms with van der Waals surface area (Å²) in [6, 6.07) is 1.30. The van der Waals surface area contributed by atoms with E-state index in [9.17, 15) is 13.2 Å². The normalized spacial score (nSPS) is 21.2. The molecule has 2 saturated heterocycles. The topological polar surface area (TPSA) is 62.2 Å². The molecule has 0 spiro atoms. The zero-order valence-corrected chi connectivity index (χ0v) is 17.7. The molecule has 0 radical (unpaired) electrons. The molecule has 1 aromatic heterocycles. The quantitative estimate of drug-likeness (QED) is 0.409. The van der Waals surface area contributed by atoms with E-state index in [-0.39, 0.29) is 17.5 Å². The number of nitrogens with zero attached hydrogens (tertiary/aromatic N) is 4. The molecule has 7 nitrogen and oxygen atoms in total. The maximum Gasteiger partial charge on any atom is 0.417 e. The SMILES string of the molecule is CCNC(=NCCOc1ncc(C(F)(F)F)cc1Cl)N1CCC(N2CCOCC2)C1. The third-order valence-corrected chi connectivity index (χ3v) is 5.36.